The zero-order valence-corrected chi connectivity index (χ0v) is 8.55. The fourth-order valence-corrected chi connectivity index (χ4v) is 1.74. The van der Waals surface area contributed by atoms with Crippen molar-refractivity contribution in [3.63, 3.8) is 0 Å². The van der Waals surface area contributed by atoms with Crippen LogP contribution >= 0.6 is 24.0 Å². The van der Waals surface area contributed by atoms with Crippen LogP contribution in [0.2, 0.25) is 0 Å². The summed E-state index contributed by atoms with van der Waals surface area (Å²) in [5.41, 5.74) is 0. The first-order valence-corrected chi connectivity index (χ1v) is 4.63. The lowest BCUT2D eigenvalue weighted by molar-refractivity contribution is 0.360. The third-order valence-corrected chi connectivity index (χ3v) is 2.90. The molecule has 1 saturated heterocycles. The molecule has 2 unspecified atom stereocenters. The molecular formula is C8H17Cl2N. The Balaban J connectivity index is 0.000001000. The third kappa shape index (κ3) is 3.64. The van der Waals surface area contributed by atoms with Crippen LogP contribution in [-0.2, 0) is 0 Å². The summed E-state index contributed by atoms with van der Waals surface area (Å²) < 4.78 is 0. The summed E-state index contributed by atoms with van der Waals surface area (Å²) in [4.78, 5) is 0. The van der Waals surface area contributed by atoms with Crippen molar-refractivity contribution in [3.8, 4) is 0 Å². The van der Waals surface area contributed by atoms with E-state index in [0.717, 1.165) is 18.9 Å². The molecule has 0 aromatic carbocycles. The molecule has 0 aliphatic carbocycles. The summed E-state index contributed by atoms with van der Waals surface area (Å²) in [7, 11) is 0. The lowest BCUT2D eigenvalue weighted by atomic mass is 9.95. The molecule has 0 radical (unpaired) electrons. The SMILES string of the molecule is CCC(Cl)C1CCCNC1.Cl. The Morgan fingerprint density at radius 2 is 2.36 bits per heavy atom. The Labute approximate surface area is 80.3 Å². The van der Waals surface area contributed by atoms with E-state index in [1.807, 2.05) is 0 Å². The van der Waals surface area contributed by atoms with E-state index in [0.29, 0.717) is 5.38 Å². The zero-order valence-electron chi connectivity index (χ0n) is 6.98. The summed E-state index contributed by atoms with van der Waals surface area (Å²) >= 11 is 6.10. The van der Waals surface area contributed by atoms with Gasteiger partial charge in [-0.25, -0.2) is 0 Å². The number of piperidine rings is 1. The molecule has 1 aliphatic rings. The zero-order chi connectivity index (χ0) is 7.40. The fraction of sp³-hybridized carbons (Fsp3) is 1.00. The van der Waals surface area contributed by atoms with Crippen LogP contribution in [0.15, 0.2) is 0 Å². The monoisotopic (exact) mass is 197 g/mol. The van der Waals surface area contributed by atoms with Gasteiger partial charge < -0.3 is 5.32 Å². The van der Waals surface area contributed by atoms with Crippen LogP contribution in [0.25, 0.3) is 0 Å². The highest BCUT2D eigenvalue weighted by Gasteiger charge is 2.19. The highest BCUT2D eigenvalue weighted by atomic mass is 35.5. The molecule has 2 atom stereocenters. The van der Waals surface area contributed by atoms with Gasteiger partial charge in [0.15, 0.2) is 0 Å². The average molecular weight is 198 g/mol. The topological polar surface area (TPSA) is 12.0 Å². The molecule has 1 nitrogen and oxygen atoms in total. The van der Waals surface area contributed by atoms with Gasteiger partial charge in [-0.1, -0.05) is 6.92 Å². The van der Waals surface area contributed by atoms with E-state index in [-0.39, 0.29) is 12.4 Å². The van der Waals surface area contributed by atoms with Gasteiger partial charge in [0.25, 0.3) is 0 Å². The van der Waals surface area contributed by atoms with Crippen LogP contribution in [0, 0.1) is 5.92 Å². The van der Waals surface area contributed by atoms with Gasteiger partial charge in [0.1, 0.15) is 0 Å². The lowest BCUT2D eigenvalue weighted by Gasteiger charge is -2.25. The molecule has 0 spiro atoms. The van der Waals surface area contributed by atoms with Crippen LogP contribution in [0.3, 0.4) is 0 Å². The highest BCUT2D eigenvalue weighted by molar-refractivity contribution is 6.20. The quantitative estimate of drug-likeness (QED) is 0.672. The second kappa shape index (κ2) is 6.10. The van der Waals surface area contributed by atoms with E-state index in [4.69, 9.17) is 11.6 Å². The molecule has 0 saturated carbocycles. The predicted octanol–water partition coefficient (Wildman–Crippen LogP) is 2.43. The molecule has 1 fully saturated rings. The lowest BCUT2D eigenvalue weighted by Crippen LogP contribution is -2.34. The van der Waals surface area contributed by atoms with Crippen molar-refractivity contribution in [1.82, 2.24) is 5.32 Å². The fourth-order valence-electron chi connectivity index (χ4n) is 1.52. The first-order chi connectivity index (χ1) is 4.84. The first kappa shape index (κ1) is 11.5. The summed E-state index contributed by atoms with van der Waals surface area (Å²) in [5.74, 6) is 0.723. The molecule has 0 bridgehead atoms. The average Bonchev–Trinajstić information content (AvgIpc) is 2.05. The summed E-state index contributed by atoms with van der Waals surface area (Å²) in [6, 6.07) is 0. The summed E-state index contributed by atoms with van der Waals surface area (Å²) in [5, 5.41) is 3.76. The van der Waals surface area contributed by atoms with Crippen LogP contribution in [-0.4, -0.2) is 18.5 Å². The van der Waals surface area contributed by atoms with Crippen molar-refractivity contribution in [2.45, 2.75) is 31.6 Å². The van der Waals surface area contributed by atoms with Crippen molar-refractivity contribution in [2.24, 2.45) is 5.92 Å². The van der Waals surface area contributed by atoms with Crippen molar-refractivity contribution < 1.29 is 0 Å². The number of rotatable bonds is 2. The van der Waals surface area contributed by atoms with E-state index < -0.39 is 0 Å². The van der Waals surface area contributed by atoms with Crippen LogP contribution in [0.4, 0.5) is 0 Å². The molecule has 1 rings (SSSR count). The second-order valence-corrected chi connectivity index (χ2v) is 3.59. The van der Waals surface area contributed by atoms with E-state index in [2.05, 4.69) is 12.2 Å². The minimum absolute atomic E-state index is 0. The largest absolute Gasteiger partial charge is 0.316 e. The Morgan fingerprint density at radius 1 is 1.64 bits per heavy atom. The number of nitrogens with one attached hydrogen (secondary N) is 1. The van der Waals surface area contributed by atoms with Gasteiger partial charge in [0, 0.05) is 5.38 Å². The van der Waals surface area contributed by atoms with E-state index in [1.165, 1.54) is 19.4 Å². The van der Waals surface area contributed by atoms with Crippen molar-refractivity contribution in [3.05, 3.63) is 0 Å². The normalized spacial score (nSPS) is 27.3. The molecule has 0 aromatic rings. The molecule has 11 heavy (non-hydrogen) atoms. The minimum Gasteiger partial charge on any atom is -0.316 e. The molecule has 68 valence electrons. The van der Waals surface area contributed by atoms with Gasteiger partial charge >= 0.3 is 0 Å². The number of hydrogen-bond acceptors (Lipinski definition) is 1. The van der Waals surface area contributed by atoms with Crippen molar-refractivity contribution >= 4 is 24.0 Å². The maximum absolute atomic E-state index is 6.10. The van der Waals surface area contributed by atoms with Crippen LogP contribution in [0.5, 0.6) is 0 Å². The van der Waals surface area contributed by atoms with Crippen molar-refractivity contribution in [2.75, 3.05) is 13.1 Å². The number of halogens is 2. The van der Waals surface area contributed by atoms with Gasteiger partial charge in [0.05, 0.1) is 0 Å². The second-order valence-electron chi connectivity index (χ2n) is 3.03. The van der Waals surface area contributed by atoms with Gasteiger partial charge in [-0.2, -0.15) is 0 Å². The van der Waals surface area contributed by atoms with E-state index >= 15 is 0 Å². The van der Waals surface area contributed by atoms with Gasteiger partial charge in [-0.3, -0.25) is 0 Å². The number of alkyl halides is 1. The van der Waals surface area contributed by atoms with E-state index in [9.17, 15) is 0 Å². The van der Waals surface area contributed by atoms with Gasteiger partial charge in [-0.15, -0.1) is 24.0 Å². The van der Waals surface area contributed by atoms with Crippen LogP contribution < -0.4 is 5.32 Å². The smallest absolute Gasteiger partial charge is 0.0373 e. The minimum atomic E-state index is 0. The molecule has 1 heterocycles. The van der Waals surface area contributed by atoms with Gasteiger partial charge in [0.2, 0.25) is 0 Å². The maximum atomic E-state index is 6.10. The Kier molecular flexibility index (Phi) is 6.40. The molecule has 1 N–H and O–H groups in total. The summed E-state index contributed by atoms with van der Waals surface area (Å²) in [6.45, 7) is 4.47. The highest BCUT2D eigenvalue weighted by Crippen LogP contribution is 2.20. The van der Waals surface area contributed by atoms with Crippen LogP contribution in [0.1, 0.15) is 26.2 Å². The van der Waals surface area contributed by atoms with Gasteiger partial charge in [-0.05, 0) is 38.3 Å². The Bertz CT molecular complexity index is 92.1. The molecule has 0 amide bonds. The predicted molar refractivity (Wildman–Crippen MR) is 52.8 cm³/mol. The molecule has 3 heteroatoms. The Morgan fingerprint density at radius 3 is 2.82 bits per heavy atom. The third-order valence-electron chi connectivity index (χ3n) is 2.24. The molecule has 0 aromatic heterocycles. The number of hydrogen-bond donors (Lipinski definition) is 1. The molecular weight excluding hydrogens is 181 g/mol. The van der Waals surface area contributed by atoms with E-state index in [1.54, 1.807) is 0 Å². The Hall–Kier alpha value is 0.540. The maximum Gasteiger partial charge on any atom is 0.0373 e. The molecule has 1 aliphatic heterocycles. The van der Waals surface area contributed by atoms with Crippen molar-refractivity contribution in [1.29, 1.82) is 0 Å². The summed E-state index contributed by atoms with van der Waals surface area (Å²) in [6.07, 6.45) is 3.72. The standard InChI is InChI=1S/C8H16ClN.ClH/c1-2-8(9)7-4-3-5-10-6-7;/h7-8,10H,2-6H2,1H3;1H. The first-order valence-electron chi connectivity index (χ1n) is 4.19.